The summed E-state index contributed by atoms with van der Waals surface area (Å²) in [7, 11) is -3.11. The molecule has 0 saturated heterocycles. The fraction of sp³-hybridized carbons (Fsp3) is 0.333. The predicted octanol–water partition coefficient (Wildman–Crippen LogP) is 2.91. The fourth-order valence-electron chi connectivity index (χ4n) is 1.94. The fourth-order valence-corrected chi connectivity index (χ4v) is 2.83. The van der Waals surface area contributed by atoms with Gasteiger partial charge >= 0.3 is 0 Å². The number of hydrogen-bond donors (Lipinski definition) is 1. The number of sulfone groups is 1. The first-order valence-electron chi connectivity index (χ1n) is 6.76. The molecule has 0 aliphatic rings. The Labute approximate surface area is 120 Å². The number of rotatable bonds is 6. The first kappa shape index (κ1) is 14.7. The molecule has 0 spiro atoms. The second-order valence-corrected chi connectivity index (χ2v) is 6.91. The van der Waals surface area contributed by atoms with Crippen molar-refractivity contribution in [1.82, 2.24) is 4.57 Å². The first-order valence-corrected chi connectivity index (χ1v) is 8.41. The van der Waals surface area contributed by atoms with Crippen LogP contribution in [-0.4, -0.2) is 18.7 Å². The van der Waals surface area contributed by atoms with E-state index in [4.69, 9.17) is 0 Å². The topological polar surface area (TPSA) is 51.1 Å². The van der Waals surface area contributed by atoms with E-state index >= 15 is 0 Å². The molecule has 1 aromatic heterocycles. The molecule has 1 N–H and O–H groups in total. The largest absolute Gasteiger partial charge is 0.381 e. The maximum atomic E-state index is 11.7. The highest BCUT2D eigenvalue weighted by atomic mass is 32.2. The minimum Gasteiger partial charge on any atom is -0.381 e. The molecule has 1 aromatic carbocycles. The number of benzene rings is 1. The van der Waals surface area contributed by atoms with Gasteiger partial charge in [0.25, 0.3) is 0 Å². The van der Waals surface area contributed by atoms with E-state index in [1.54, 1.807) is 31.2 Å². The molecule has 0 amide bonds. The van der Waals surface area contributed by atoms with Crippen LogP contribution in [0.2, 0.25) is 0 Å². The molecule has 0 unspecified atom stereocenters. The number of aryl methyl sites for hydroxylation is 1. The lowest BCUT2D eigenvalue weighted by atomic mass is 10.3. The van der Waals surface area contributed by atoms with Crippen LogP contribution in [0.15, 0.2) is 47.6 Å². The third-order valence-electron chi connectivity index (χ3n) is 3.27. The van der Waals surface area contributed by atoms with Gasteiger partial charge in [0.2, 0.25) is 0 Å². The van der Waals surface area contributed by atoms with E-state index in [-0.39, 0.29) is 5.75 Å². The van der Waals surface area contributed by atoms with Crippen molar-refractivity contribution >= 4 is 15.5 Å². The number of nitrogens with one attached hydrogen (secondary N) is 1. The van der Waals surface area contributed by atoms with Crippen molar-refractivity contribution in [2.45, 2.75) is 31.8 Å². The molecule has 2 rings (SSSR count). The van der Waals surface area contributed by atoms with Gasteiger partial charge in [-0.3, -0.25) is 0 Å². The highest BCUT2D eigenvalue weighted by Gasteiger charge is 2.10. The molecule has 0 bridgehead atoms. The summed E-state index contributed by atoms with van der Waals surface area (Å²) in [6.45, 7) is 5.44. The lowest BCUT2D eigenvalue weighted by molar-refractivity contribution is 0.597. The Balaban J connectivity index is 2.00. The lowest BCUT2D eigenvalue weighted by Gasteiger charge is -2.06. The first-order chi connectivity index (χ1) is 9.55. The summed E-state index contributed by atoms with van der Waals surface area (Å²) in [6, 6.07) is 8.99. The SMILES string of the molecule is CCn1ccc(CNc2ccc(S(=O)(=O)CC)cc2)c1. The van der Waals surface area contributed by atoms with Crippen molar-refractivity contribution in [2.75, 3.05) is 11.1 Å². The smallest absolute Gasteiger partial charge is 0.178 e. The van der Waals surface area contributed by atoms with Crippen molar-refractivity contribution in [1.29, 1.82) is 0 Å². The van der Waals surface area contributed by atoms with Gasteiger partial charge in [0.15, 0.2) is 9.84 Å². The number of nitrogens with zero attached hydrogens (tertiary/aromatic N) is 1. The molecule has 0 fully saturated rings. The summed E-state index contributed by atoms with van der Waals surface area (Å²) in [4.78, 5) is 0.377. The molecule has 0 aliphatic carbocycles. The summed E-state index contributed by atoms with van der Waals surface area (Å²) in [5.74, 6) is 0.129. The zero-order chi connectivity index (χ0) is 14.6. The molecule has 0 saturated carbocycles. The maximum Gasteiger partial charge on any atom is 0.178 e. The van der Waals surface area contributed by atoms with E-state index in [0.717, 1.165) is 18.8 Å². The van der Waals surface area contributed by atoms with Gasteiger partial charge in [-0.05, 0) is 42.8 Å². The molecule has 0 aliphatic heterocycles. The molecular formula is C15H20N2O2S. The second-order valence-electron chi connectivity index (χ2n) is 4.63. The van der Waals surface area contributed by atoms with E-state index in [2.05, 4.69) is 29.1 Å². The van der Waals surface area contributed by atoms with E-state index in [1.165, 1.54) is 5.56 Å². The Morgan fingerprint density at radius 3 is 2.35 bits per heavy atom. The summed E-state index contributed by atoms with van der Waals surface area (Å²) in [6.07, 6.45) is 4.15. The highest BCUT2D eigenvalue weighted by Crippen LogP contribution is 2.16. The molecule has 4 nitrogen and oxygen atoms in total. The normalized spacial score (nSPS) is 11.5. The predicted molar refractivity (Wildman–Crippen MR) is 81.6 cm³/mol. The summed E-state index contributed by atoms with van der Waals surface area (Å²) in [5, 5.41) is 3.29. The van der Waals surface area contributed by atoms with Crippen molar-refractivity contribution in [3.8, 4) is 0 Å². The average molecular weight is 292 g/mol. The molecule has 2 aromatic rings. The summed E-state index contributed by atoms with van der Waals surface area (Å²) in [5.41, 5.74) is 2.13. The van der Waals surface area contributed by atoms with Gasteiger partial charge in [0.1, 0.15) is 0 Å². The third-order valence-corrected chi connectivity index (χ3v) is 5.02. The number of aromatic nitrogens is 1. The van der Waals surface area contributed by atoms with Crippen LogP contribution < -0.4 is 5.32 Å². The molecule has 0 atom stereocenters. The molecule has 20 heavy (non-hydrogen) atoms. The van der Waals surface area contributed by atoms with Crippen LogP contribution >= 0.6 is 0 Å². The number of hydrogen-bond acceptors (Lipinski definition) is 3. The Morgan fingerprint density at radius 2 is 1.80 bits per heavy atom. The standard InChI is InChI=1S/C15H20N2O2S/c1-3-17-10-9-13(12-17)11-16-14-5-7-15(8-6-14)20(18,19)4-2/h5-10,12,16H,3-4,11H2,1-2H3. The number of anilines is 1. The Bertz CT molecular complexity index is 657. The van der Waals surface area contributed by atoms with Gasteiger partial charge in [-0.15, -0.1) is 0 Å². The van der Waals surface area contributed by atoms with Gasteiger partial charge in [0.05, 0.1) is 10.6 Å². The monoisotopic (exact) mass is 292 g/mol. The van der Waals surface area contributed by atoms with Crippen LogP contribution in [0.3, 0.4) is 0 Å². The van der Waals surface area contributed by atoms with Gasteiger partial charge in [-0.1, -0.05) is 6.92 Å². The van der Waals surface area contributed by atoms with Gasteiger partial charge in [-0.2, -0.15) is 0 Å². The molecule has 1 heterocycles. The highest BCUT2D eigenvalue weighted by molar-refractivity contribution is 7.91. The Morgan fingerprint density at radius 1 is 1.10 bits per heavy atom. The maximum absolute atomic E-state index is 11.7. The van der Waals surface area contributed by atoms with E-state index < -0.39 is 9.84 Å². The van der Waals surface area contributed by atoms with Gasteiger partial charge in [-0.25, -0.2) is 8.42 Å². The van der Waals surface area contributed by atoms with Crippen molar-refractivity contribution in [2.24, 2.45) is 0 Å². The van der Waals surface area contributed by atoms with Crippen molar-refractivity contribution in [3.63, 3.8) is 0 Å². The quantitative estimate of drug-likeness (QED) is 0.890. The van der Waals surface area contributed by atoms with Crippen LogP contribution in [0, 0.1) is 0 Å². The lowest BCUT2D eigenvalue weighted by Crippen LogP contribution is -2.04. The minimum atomic E-state index is -3.11. The van der Waals surface area contributed by atoms with E-state index in [0.29, 0.717) is 4.90 Å². The minimum absolute atomic E-state index is 0.129. The van der Waals surface area contributed by atoms with Crippen molar-refractivity contribution in [3.05, 3.63) is 48.3 Å². The van der Waals surface area contributed by atoms with Crippen molar-refractivity contribution < 1.29 is 8.42 Å². The summed E-state index contributed by atoms with van der Waals surface area (Å²) >= 11 is 0. The molecule has 5 heteroatoms. The summed E-state index contributed by atoms with van der Waals surface area (Å²) < 4.78 is 25.5. The third kappa shape index (κ3) is 3.42. The van der Waals surface area contributed by atoms with Gasteiger partial charge < -0.3 is 9.88 Å². The van der Waals surface area contributed by atoms with Crippen LogP contribution in [-0.2, 0) is 22.9 Å². The average Bonchev–Trinajstić information content (AvgIpc) is 2.93. The second kappa shape index (κ2) is 6.13. The molecule has 0 radical (unpaired) electrons. The zero-order valence-corrected chi connectivity index (χ0v) is 12.7. The Hall–Kier alpha value is -1.75. The molecular weight excluding hydrogens is 272 g/mol. The van der Waals surface area contributed by atoms with E-state index in [1.807, 2.05) is 6.20 Å². The van der Waals surface area contributed by atoms with Crippen LogP contribution in [0.25, 0.3) is 0 Å². The van der Waals surface area contributed by atoms with Crippen LogP contribution in [0.1, 0.15) is 19.4 Å². The zero-order valence-electron chi connectivity index (χ0n) is 11.8. The molecule has 108 valence electrons. The van der Waals surface area contributed by atoms with Crippen LogP contribution in [0.4, 0.5) is 5.69 Å². The van der Waals surface area contributed by atoms with Gasteiger partial charge in [0, 0.05) is 31.2 Å². The Kier molecular flexibility index (Phi) is 4.49. The van der Waals surface area contributed by atoms with Crippen LogP contribution in [0.5, 0.6) is 0 Å². The van der Waals surface area contributed by atoms with E-state index in [9.17, 15) is 8.42 Å².